The normalized spacial score (nSPS) is 13.7. The molecule has 8 nitrogen and oxygen atoms in total. The SMILES string of the molecule is CCOC(=O)CCNC(=O)[C@H](Cc1ccccc1)OP(=O)(OC)OCCc1ccccc1. The topological polar surface area (TPSA) is 100 Å². The Morgan fingerprint density at radius 1 is 1.00 bits per heavy atom. The fourth-order valence-electron chi connectivity index (χ4n) is 2.84. The average molecular weight is 463 g/mol. The molecule has 174 valence electrons. The van der Waals surface area contributed by atoms with Crippen LogP contribution in [0.5, 0.6) is 0 Å². The van der Waals surface area contributed by atoms with Gasteiger partial charge >= 0.3 is 13.8 Å². The first-order valence-corrected chi connectivity index (χ1v) is 11.9. The number of carbonyl (C=O) groups excluding carboxylic acids is 2. The van der Waals surface area contributed by atoms with Gasteiger partial charge in [0.1, 0.15) is 0 Å². The molecule has 0 saturated heterocycles. The molecule has 0 spiro atoms. The maximum absolute atomic E-state index is 13.0. The van der Waals surface area contributed by atoms with Gasteiger partial charge in [-0.15, -0.1) is 0 Å². The monoisotopic (exact) mass is 463 g/mol. The van der Waals surface area contributed by atoms with Crippen LogP contribution in [0.15, 0.2) is 60.7 Å². The minimum absolute atomic E-state index is 0.0210. The number of ether oxygens (including phenoxy) is 1. The van der Waals surface area contributed by atoms with Crippen molar-refractivity contribution in [1.82, 2.24) is 5.32 Å². The third-order valence-corrected chi connectivity index (χ3v) is 5.91. The zero-order valence-electron chi connectivity index (χ0n) is 18.4. The molecule has 2 aromatic carbocycles. The minimum atomic E-state index is -4.00. The Labute approximate surface area is 188 Å². The standard InChI is InChI=1S/C23H30NO7P/c1-3-29-22(25)14-16-24-23(26)21(18-20-12-8-5-9-13-20)31-32(27,28-2)30-17-15-19-10-6-4-7-11-19/h4-13,21H,3,14-18H2,1-2H3,(H,24,26)/t21-,32?/m0/s1. The van der Waals surface area contributed by atoms with Gasteiger partial charge in [-0.05, 0) is 24.5 Å². The van der Waals surface area contributed by atoms with Gasteiger partial charge in [-0.2, -0.15) is 0 Å². The summed E-state index contributed by atoms with van der Waals surface area (Å²) in [5, 5.41) is 2.62. The molecule has 0 heterocycles. The second-order valence-corrected chi connectivity index (χ2v) is 8.56. The number of hydrogen-bond acceptors (Lipinski definition) is 7. The third-order valence-electron chi connectivity index (χ3n) is 4.45. The molecular formula is C23H30NO7P. The Morgan fingerprint density at radius 3 is 2.22 bits per heavy atom. The summed E-state index contributed by atoms with van der Waals surface area (Å²) < 4.78 is 33.9. The van der Waals surface area contributed by atoms with E-state index in [0.29, 0.717) is 6.42 Å². The first kappa shape index (κ1) is 25.7. The van der Waals surface area contributed by atoms with Crippen LogP contribution in [-0.2, 0) is 45.3 Å². The van der Waals surface area contributed by atoms with E-state index in [4.69, 9.17) is 18.3 Å². The summed E-state index contributed by atoms with van der Waals surface area (Å²) >= 11 is 0. The molecule has 2 atom stereocenters. The molecule has 0 aliphatic rings. The van der Waals surface area contributed by atoms with Crippen LogP contribution in [0.4, 0.5) is 0 Å². The summed E-state index contributed by atoms with van der Waals surface area (Å²) in [6.45, 7) is 2.14. The lowest BCUT2D eigenvalue weighted by Crippen LogP contribution is -2.38. The predicted octanol–water partition coefficient (Wildman–Crippen LogP) is 3.70. The van der Waals surface area contributed by atoms with Crippen LogP contribution in [0, 0.1) is 0 Å². The van der Waals surface area contributed by atoms with Crippen molar-refractivity contribution in [3.63, 3.8) is 0 Å². The van der Waals surface area contributed by atoms with E-state index in [1.54, 1.807) is 6.92 Å². The molecule has 1 amide bonds. The van der Waals surface area contributed by atoms with E-state index < -0.39 is 25.8 Å². The van der Waals surface area contributed by atoms with Crippen molar-refractivity contribution in [3.8, 4) is 0 Å². The molecule has 0 radical (unpaired) electrons. The number of esters is 1. The van der Waals surface area contributed by atoms with Gasteiger partial charge in [0.05, 0.1) is 19.6 Å². The second kappa shape index (κ2) is 13.8. The minimum Gasteiger partial charge on any atom is -0.466 e. The van der Waals surface area contributed by atoms with Crippen molar-refractivity contribution in [3.05, 3.63) is 71.8 Å². The summed E-state index contributed by atoms with van der Waals surface area (Å²) in [6.07, 6.45) is -0.455. The first-order valence-electron chi connectivity index (χ1n) is 10.5. The number of nitrogens with one attached hydrogen (secondary N) is 1. The zero-order valence-corrected chi connectivity index (χ0v) is 19.3. The van der Waals surface area contributed by atoms with E-state index in [1.807, 2.05) is 60.7 Å². The Balaban J connectivity index is 2.01. The quantitative estimate of drug-likeness (QED) is 0.337. The molecule has 0 aliphatic heterocycles. The number of hydrogen-bond donors (Lipinski definition) is 1. The predicted molar refractivity (Wildman–Crippen MR) is 120 cm³/mol. The maximum atomic E-state index is 13.0. The fraction of sp³-hybridized carbons (Fsp3) is 0.391. The molecule has 2 aromatic rings. The number of amides is 1. The number of phosphoric acid groups is 1. The molecule has 0 aliphatic carbocycles. The van der Waals surface area contributed by atoms with Gasteiger partial charge in [-0.3, -0.25) is 23.2 Å². The summed E-state index contributed by atoms with van der Waals surface area (Å²) in [5.74, 6) is -0.942. The number of benzene rings is 2. The van der Waals surface area contributed by atoms with Gasteiger partial charge in [-0.1, -0.05) is 60.7 Å². The Bertz CT molecular complexity index is 876. The molecule has 1 N–H and O–H groups in total. The highest BCUT2D eigenvalue weighted by molar-refractivity contribution is 7.48. The molecular weight excluding hydrogens is 433 g/mol. The second-order valence-electron chi connectivity index (χ2n) is 6.83. The Hall–Kier alpha value is -2.51. The van der Waals surface area contributed by atoms with Crippen LogP contribution in [0.3, 0.4) is 0 Å². The van der Waals surface area contributed by atoms with Gasteiger partial charge in [0.25, 0.3) is 0 Å². The highest BCUT2D eigenvalue weighted by Crippen LogP contribution is 2.50. The van der Waals surface area contributed by atoms with Crippen molar-refractivity contribution in [2.75, 3.05) is 26.9 Å². The van der Waals surface area contributed by atoms with Crippen molar-refractivity contribution >= 4 is 19.7 Å². The lowest BCUT2D eigenvalue weighted by molar-refractivity contribution is -0.143. The lowest BCUT2D eigenvalue weighted by atomic mass is 10.1. The first-order chi connectivity index (χ1) is 15.5. The van der Waals surface area contributed by atoms with Gasteiger partial charge in [-0.25, -0.2) is 4.57 Å². The van der Waals surface area contributed by atoms with Crippen LogP contribution in [0.2, 0.25) is 0 Å². The molecule has 32 heavy (non-hydrogen) atoms. The van der Waals surface area contributed by atoms with E-state index >= 15 is 0 Å². The Morgan fingerprint density at radius 2 is 1.62 bits per heavy atom. The molecule has 0 fully saturated rings. The summed E-state index contributed by atoms with van der Waals surface area (Å²) in [4.78, 5) is 24.3. The smallest absolute Gasteiger partial charge is 0.466 e. The van der Waals surface area contributed by atoms with Crippen molar-refractivity contribution in [2.45, 2.75) is 32.3 Å². The van der Waals surface area contributed by atoms with E-state index in [9.17, 15) is 14.2 Å². The molecule has 2 rings (SSSR count). The van der Waals surface area contributed by atoms with E-state index in [0.717, 1.165) is 11.1 Å². The van der Waals surface area contributed by atoms with E-state index in [1.165, 1.54) is 7.11 Å². The van der Waals surface area contributed by atoms with Crippen LogP contribution >= 0.6 is 7.82 Å². The van der Waals surface area contributed by atoms with E-state index in [-0.39, 0.29) is 32.6 Å². The van der Waals surface area contributed by atoms with Gasteiger partial charge in [0, 0.05) is 20.1 Å². The largest absolute Gasteiger partial charge is 0.475 e. The fourth-order valence-corrected chi connectivity index (χ4v) is 3.89. The third kappa shape index (κ3) is 9.32. The molecule has 0 bridgehead atoms. The molecule has 0 aromatic heterocycles. The zero-order chi connectivity index (χ0) is 23.2. The maximum Gasteiger partial charge on any atom is 0.475 e. The number of carbonyl (C=O) groups is 2. The number of rotatable bonds is 14. The summed E-state index contributed by atoms with van der Waals surface area (Å²) in [6, 6.07) is 18.7. The highest BCUT2D eigenvalue weighted by atomic mass is 31.2. The van der Waals surface area contributed by atoms with Crippen LogP contribution in [-0.4, -0.2) is 44.8 Å². The lowest BCUT2D eigenvalue weighted by Gasteiger charge is -2.22. The van der Waals surface area contributed by atoms with Crippen LogP contribution in [0.25, 0.3) is 0 Å². The van der Waals surface area contributed by atoms with E-state index in [2.05, 4.69) is 5.32 Å². The Kier molecular flexibility index (Phi) is 11.1. The van der Waals surface area contributed by atoms with Gasteiger partial charge in [0.2, 0.25) is 5.91 Å². The van der Waals surface area contributed by atoms with Crippen LogP contribution < -0.4 is 5.32 Å². The van der Waals surface area contributed by atoms with Gasteiger partial charge in [0.15, 0.2) is 6.10 Å². The average Bonchev–Trinajstić information content (AvgIpc) is 2.80. The van der Waals surface area contributed by atoms with Crippen molar-refractivity contribution in [1.29, 1.82) is 0 Å². The van der Waals surface area contributed by atoms with Gasteiger partial charge < -0.3 is 10.1 Å². The molecule has 0 saturated carbocycles. The number of phosphoric ester groups is 1. The van der Waals surface area contributed by atoms with Crippen LogP contribution in [0.1, 0.15) is 24.5 Å². The highest BCUT2D eigenvalue weighted by Gasteiger charge is 2.33. The van der Waals surface area contributed by atoms with Crippen molar-refractivity contribution < 1.29 is 32.5 Å². The summed E-state index contributed by atoms with van der Waals surface area (Å²) in [5.41, 5.74) is 1.82. The molecule has 1 unspecified atom stereocenters. The summed E-state index contributed by atoms with van der Waals surface area (Å²) in [7, 11) is -2.79. The van der Waals surface area contributed by atoms with Crippen molar-refractivity contribution in [2.24, 2.45) is 0 Å². The molecule has 9 heteroatoms.